The van der Waals surface area contributed by atoms with Crippen LogP contribution in [0.25, 0.3) is 0 Å². The van der Waals surface area contributed by atoms with Gasteiger partial charge in [-0.25, -0.2) is 8.78 Å². The minimum absolute atomic E-state index is 0.139. The molecule has 0 fully saturated rings. The van der Waals surface area contributed by atoms with Crippen LogP contribution in [0.15, 0.2) is 48.5 Å². The molecule has 0 bridgehead atoms. The van der Waals surface area contributed by atoms with E-state index in [-0.39, 0.29) is 23.9 Å². The van der Waals surface area contributed by atoms with E-state index in [0.717, 1.165) is 17.7 Å². The van der Waals surface area contributed by atoms with Crippen LogP contribution in [0.2, 0.25) is 0 Å². The Hall–Kier alpha value is -2.27. The average molecular weight is 319 g/mol. The van der Waals surface area contributed by atoms with Gasteiger partial charge in [-0.05, 0) is 30.5 Å². The third kappa shape index (κ3) is 5.14. The average Bonchev–Trinajstić information content (AvgIpc) is 2.50. The standard InChI is InChI=1S/C18H19F2NO2/c1-12(9-17(22)13-5-3-2-4-6-13)21-18(23)10-14-7-8-15(19)11-16(14)20/h2-8,11-12,17,22H,9-10H2,1H3,(H,21,23). The van der Waals surface area contributed by atoms with Gasteiger partial charge in [0.15, 0.2) is 0 Å². The molecule has 3 nitrogen and oxygen atoms in total. The molecule has 0 aliphatic carbocycles. The number of hydrogen-bond donors (Lipinski definition) is 2. The van der Waals surface area contributed by atoms with Crippen LogP contribution in [0.1, 0.15) is 30.6 Å². The molecule has 0 aliphatic rings. The van der Waals surface area contributed by atoms with Crippen molar-refractivity contribution in [3.8, 4) is 0 Å². The third-order valence-electron chi connectivity index (χ3n) is 3.53. The highest BCUT2D eigenvalue weighted by molar-refractivity contribution is 5.78. The monoisotopic (exact) mass is 319 g/mol. The first-order valence-electron chi connectivity index (χ1n) is 7.42. The van der Waals surface area contributed by atoms with Crippen LogP contribution in [-0.4, -0.2) is 17.1 Å². The summed E-state index contributed by atoms with van der Waals surface area (Å²) in [6.45, 7) is 1.77. The zero-order chi connectivity index (χ0) is 16.8. The number of halogens is 2. The van der Waals surface area contributed by atoms with Gasteiger partial charge in [0.1, 0.15) is 11.6 Å². The normalized spacial score (nSPS) is 13.4. The number of aliphatic hydroxyl groups excluding tert-OH is 1. The lowest BCUT2D eigenvalue weighted by Gasteiger charge is -2.18. The first-order chi connectivity index (χ1) is 11.0. The fourth-order valence-corrected chi connectivity index (χ4v) is 2.37. The lowest BCUT2D eigenvalue weighted by molar-refractivity contribution is -0.121. The highest BCUT2D eigenvalue weighted by Gasteiger charge is 2.15. The van der Waals surface area contributed by atoms with Crippen molar-refractivity contribution in [2.75, 3.05) is 0 Å². The second-order valence-electron chi connectivity index (χ2n) is 5.54. The Bertz CT molecular complexity index is 661. The van der Waals surface area contributed by atoms with Gasteiger partial charge in [-0.2, -0.15) is 0 Å². The highest BCUT2D eigenvalue weighted by Crippen LogP contribution is 2.18. The molecule has 0 spiro atoms. The predicted molar refractivity (Wildman–Crippen MR) is 83.7 cm³/mol. The van der Waals surface area contributed by atoms with E-state index < -0.39 is 17.7 Å². The maximum atomic E-state index is 13.5. The lowest BCUT2D eigenvalue weighted by atomic mass is 10.0. The van der Waals surface area contributed by atoms with E-state index in [1.807, 2.05) is 30.3 Å². The molecule has 2 N–H and O–H groups in total. The summed E-state index contributed by atoms with van der Waals surface area (Å²) in [5.41, 5.74) is 0.915. The van der Waals surface area contributed by atoms with Crippen LogP contribution in [0, 0.1) is 11.6 Å². The van der Waals surface area contributed by atoms with Crippen LogP contribution in [0.3, 0.4) is 0 Å². The molecule has 23 heavy (non-hydrogen) atoms. The second kappa shape index (κ2) is 7.83. The Kier molecular flexibility index (Phi) is 5.82. The molecule has 0 radical (unpaired) electrons. The molecule has 2 unspecified atom stereocenters. The van der Waals surface area contributed by atoms with Crippen molar-refractivity contribution in [1.29, 1.82) is 0 Å². The second-order valence-corrected chi connectivity index (χ2v) is 5.54. The predicted octanol–water partition coefficient (Wildman–Crippen LogP) is 3.14. The number of rotatable bonds is 6. The van der Waals surface area contributed by atoms with E-state index in [4.69, 9.17) is 0 Å². The molecule has 2 rings (SSSR count). The Morgan fingerprint density at radius 2 is 1.87 bits per heavy atom. The SMILES string of the molecule is CC(CC(O)c1ccccc1)NC(=O)Cc1ccc(F)cc1F. The number of aliphatic hydroxyl groups is 1. The van der Waals surface area contributed by atoms with Crippen LogP contribution in [-0.2, 0) is 11.2 Å². The van der Waals surface area contributed by atoms with E-state index in [1.54, 1.807) is 6.92 Å². The molecular weight excluding hydrogens is 300 g/mol. The number of nitrogens with one attached hydrogen (secondary N) is 1. The molecule has 0 saturated carbocycles. The molecule has 0 heterocycles. The molecule has 0 saturated heterocycles. The van der Waals surface area contributed by atoms with Gasteiger partial charge in [0.05, 0.1) is 12.5 Å². The van der Waals surface area contributed by atoms with Crippen LogP contribution < -0.4 is 5.32 Å². The minimum atomic E-state index is -0.739. The minimum Gasteiger partial charge on any atom is -0.388 e. The van der Waals surface area contributed by atoms with Crippen molar-refractivity contribution >= 4 is 5.91 Å². The lowest BCUT2D eigenvalue weighted by Crippen LogP contribution is -2.35. The summed E-state index contributed by atoms with van der Waals surface area (Å²) in [5, 5.41) is 12.8. The largest absolute Gasteiger partial charge is 0.388 e. The Morgan fingerprint density at radius 1 is 1.17 bits per heavy atom. The smallest absolute Gasteiger partial charge is 0.224 e. The van der Waals surface area contributed by atoms with Crippen molar-refractivity contribution in [3.05, 3.63) is 71.3 Å². The molecule has 2 atom stereocenters. The van der Waals surface area contributed by atoms with Gasteiger partial charge in [0, 0.05) is 12.1 Å². The summed E-state index contributed by atoms with van der Waals surface area (Å²) in [5.74, 6) is -1.79. The Balaban J connectivity index is 1.87. The fraction of sp³-hybridized carbons (Fsp3) is 0.278. The summed E-state index contributed by atoms with van der Waals surface area (Å²) >= 11 is 0. The molecule has 2 aromatic carbocycles. The molecule has 2 aromatic rings. The van der Waals surface area contributed by atoms with Gasteiger partial charge in [-0.15, -0.1) is 0 Å². The number of amides is 1. The van der Waals surface area contributed by atoms with Gasteiger partial charge >= 0.3 is 0 Å². The molecular formula is C18H19F2NO2. The molecule has 5 heteroatoms. The summed E-state index contributed by atoms with van der Waals surface area (Å²) in [4.78, 5) is 11.9. The van der Waals surface area contributed by atoms with Crippen molar-refractivity contribution in [3.63, 3.8) is 0 Å². The first-order valence-corrected chi connectivity index (χ1v) is 7.42. The quantitative estimate of drug-likeness (QED) is 0.859. The summed E-state index contributed by atoms with van der Waals surface area (Å²) in [6.07, 6.45) is -0.506. The van der Waals surface area contributed by atoms with Gasteiger partial charge in [0.2, 0.25) is 5.91 Å². The highest BCUT2D eigenvalue weighted by atomic mass is 19.1. The van der Waals surface area contributed by atoms with Crippen LogP contribution in [0.4, 0.5) is 8.78 Å². The number of benzene rings is 2. The van der Waals surface area contributed by atoms with Crippen LogP contribution >= 0.6 is 0 Å². The zero-order valence-electron chi connectivity index (χ0n) is 12.8. The molecule has 1 amide bonds. The number of hydrogen-bond acceptors (Lipinski definition) is 2. The number of carbonyl (C=O) groups is 1. The fourth-order valence-electron chi connectivity index (χ4n) is 2.37. The van der Waals surface area contributed by atoms with Crippen molar-refractivity contribution in [2.24, 2.45) is 0 Å². The van der Waals surface area contributed by atoms with Gasteiger partial charge in [0.25, 0.3) is 0 Å². The van der Waals surface area contributed by atoms with E-state index in [1.165, 1.54) is 6.07 Å². The van der Waals surface area contributed by atoms with E-state index in [0.29, 0.717) is 6.42 Å². The molecule has 0 aliphatic heterocycles. The number of carbonyl (C=O) groups excluding carboxylic acids is 1. The summed E-state index contributed by atoms with van der Waals surface area (Å²) < 4.78 is 26.4. The van der Waals surface area contributed by atoms with Gasteiger partial charge in [-0.1, -0.05) is 36.4 Å². The molecule has 0 aromatic heterocycles. The van der Waals surface area contributed by atoms with Crippen molar-refractivity contribution in [1.82, 2.24) is 5.32 Å². The summed E-state index contributed by atoms with van der Waals surface area (Å²) in [6, 6.07) is 12.0. The van der Waals surface area contributed by atoms with E-state index >= 15 is 0 Å². The van der Waals surface area contributed by atoms with Gasteiger partial charge in [-0.3, -0.25) is 4.79 Å². The Morgan fingerprint density at radius 3 is 2.52 bits per heavy atom. The first kappa shape index (κ1) is 17.1. The zero-order valence-corrected chi connectivity index (χ0v) is 12.8. The Labute approximate surface area is 134 Å². The van der Waals surface area contributed by atoms with Gasteiger partial charge < -0.3 is 10.4 Å². The molecule has 122 valence electrons. The summed E-state index contributed by atoms with van der Waals surface area (Å²) in [7, 11) is 0. The topological polar surface area (TPSA) is 49.3 Å². The van der Waals surface area contributed by atoms with E-state index in [9.17, 15) is 18.7 Å². The third-order valence-corrected chi connectivity index (χ3v) is 3.53. The maximum Gasteiger partial charge on any atom is 0.224 e. The van der Waals surface area contributed by atoms with Crippen molar-refractivity contribution in [2.45, 2.75) is 31.9 Å². The van der Waals surface area contributed by atoms with Crippen LogP contribution in [0.5, 0.6) is 0 Å². The van der Waals surface area contributed by atoms with Crippen molar-refractivity contribution < 1.29 is 18.7 Å². The maximum absolute atomic E-state index is 13.5. The van der Waals surface area contributed by atoms with E-state index in [2.05, 4.69) is 5.32 Å².